The van der Waals surface area contributed by atoms with Crippen molar-refractivity contribution in [2.45, 2.75) is 61.4 Å². The first-order valence-electron chi connectivity index (χ1n) is 9.04. The minimum Gasteiger partial charge on any atom is -0.196 e. The maximum atomic E-state index is 14.5. The van der Waals surface area contributed by atoms with E-state index < -0.39 is 42.3 Å². The fraction of sp³-hybridized carbons (Fsp3) is 0.556. The van der Waals surface area contributed by atoms with Gasteiger partial charge in [0.2, 0.25) is 0 Å². The first-order chi connectivity index (χ1) is 13.3. The smallest absolute Gasteiger partial charge is 0.196 e. The molecule has 1 aromatic carbocycles. The maximum Gasteiger partial charge on any atom is 0.523 e. The van der Waals surface area contributed by atoms with E-state index in [9.17, 15) is 34.8 Å². The number of rotatable bonds is 3. The Morgan fingerprint density at radius 2 is 1.59 bits per heavy atom. The third-order valence-corrected chi connectivity index (χ3v) is 10.0. The van der Waals surface area contributed by atoms with E-state index in [2.05, 4.69) is 3.63 Å². The van der Waals surface area contributed by atoms with E-state index in [0.717, 1.165) is 18.9 Å². The summed E-state index contributed by atoms with van der Waals surface area (Å²) in [6.07, 6.45) is 4.76. The number of halogens is 6. The molecule has 0 radical (unpaired) electrons. The molecule has 0 aromatic heterocycles. The quantitative estimate of drug-likeness (QED) is 0.282. The predicted molar refractivity (Wildman–Crippen MR) is 98.3 cm³/mol. The van der Waals surface area contributed by atoms with Crippen LogP contribution in [0.15, 0.2) is 28.0 Å². The van der Waals surface area contributed by atoms with Crippen LogP contribution in [0.25, 0.3) is 6.08 Å². The highest BCUT2D eigenvalue weighted by molar-refractivity contribution is 8.37. The van der Waals surface area contributed by atoms with Crippen molar-refractivity contribution in [3.63, 3.8) is 0 Å². The second kappa shape index (κ2) is 7.49. The molecule has 3 nitrogen and oxygen atoms in total. The summed E-state index contributed by atoms with van der Waals surface area (Å²) in [5.74, 6) is -0.690. The summed E-state index contributed by atoms with van der Waals surface area (Å²) in [5, 5.41) is 0. The van der Waals surface area contributed by atoms with Crippen LogP contribution >= 0.6 is 10.3 Å². The van der Waals surface area contributed by atoms with Gasteiger partial charge in [-0.05, 0) is 43.4 Å². The number of hydrogen-bond donors (Lipinski definition) is 0. The molecule has 0 amide bonds. The number of hydrogen-bond acceptors (Lipinski definition) is 3. The monoisotopic (exact) mass is 462 g/mol. The van der Waals surface area contributed by atoms with Crippen molar-refractivity contribution in [2.75, 3.05) is 0 Å². The van der Waals surface area contributed by atoms with Crippen molar-refractivity contribution in [1.29, 1.82) is 0 Å². The fourth-order valence-electron chi connectivity index (χ4n) is 3.87. The van der Waals surface area contributed by atoms with Gasteiger partial charge >= 0.3 is 21.1 Å². The zero-order valence-electron chi connectivity index (χ0n) is 15.4. The van der Waals surface area contributed by atoms with Gasteiger partial charge < -0.3 is 0 Å². The Bertz CT molecular complexity index is 913. The lowest BCUT2D eigenvalue weighted by atomic mass is 9.98. The topological polar surface area (TPSA) is 43.4 Å². The minimum absolute atomic E-state index is 0.0638. The molecule has 0 saturated heterocycles. The normalized spacial score (nSPS) is 26.4. The fourth-order valence-corrected chi connectivity index (χ4v) is 8.65. The number of fused-ring (bicyclic) bond motifs is 1. The van der Waals surface area contributed by atoms with Crippen molar-refractivity contribution >= 4 is 26.5 Å². The standard InChI is InChI=1S/C18H20F6O3S2/c1-12-8-9-15-14(10-12)11-16(13-6-4-2-3-5-7-13)28(15,17(19,20)21)27-29(25,26)18(22,23)24/h8-11,13H,2-7H2,1H3. The molecule has 1 aromatic rings. The second-order valence-corrected chi connectivity index (χ2v) is 11.6. The number of aryl methyl sites for hydroxylation is 1. The molecule has 1 unspecified atom stereocenters. The zero-order valence-corrected chi connectivity index (χ0v) is 17.1. The van der Waals surface area contributed by atoms with E-state index in [1.54, 1.807) is 6.92 Å². The summed E-state index contributed by atoms with van der Waals surface area (Å²) in [4.78, 5) is -0.914. The van der Waals surface area contributed by atoms with Gasteiger partial charge in [0.25, 0.3) is 0 Å². The molecule has 1 heterocycles. The molecule has 2 aliphatic rings. The molecule has 0 bridgehead atoms. The van der Waals surface area contributed by atoms with E-state index >= 15 is 0 Å². The van der Waals surface area contributed by atoms with Crippen LogP contribution in [0.5, 0.6) is 0 Å². The van der Waals surface area contributed by atoms with Gasteiger partial charge in [-0.1, -0.05) is 43.4 Å². The van der Waals surface area contributed by atoms with Gasteiger partial charge in [-0.25, -0.2) is 0 Å². The van der Waals surface area contributed by atoms with E-state index in [1.807, 2.05) is 0 Å². The SMILES string of the molecule is Cc1ccc2c(c1)C=C(C1CCCCCC1)S2(OS(=O)(=O)C(F)(F)F)C(F)(F)F. The van der Waals surface area contributed by atoms with Crippen molar-refractivity contribution in [3.05, 3.63) is 34.2 Å². The Labute approximate surface area is 166 Å². The van der Waals surface area contributed by atoms with Crippen LogP contribution in [0.4, 0.5) is 26.3 Å². The van der Waals surface area contributed by atoms with Gasteiger partial charge in [0.15, 0.2) is 0 Å². The minimum atomic E-state index is -6.48. The summed E-state index contributed by atoms with van der Waals surface area (Å²) >= 11 is 0. The Morgan fingerprint density at radius 1 is 1.00 bits per heavy atom. The molecular weight excluding hydrogens is 442 g/mol. The van der Waals surface area contributed by atoms with Crippen LogP contribution in [-0.4, -0.2) is 19.4 Å². The van der Waals surface area contributed by atoms with Crippen molar-refractivity contribution in [2.24, 2.45) is 5.92 Å². The average Bonchev–Trinajstić information content (AvgIpc) is 2.73. The van der Waals surface area contributed by atoms with E-state index in [-0.39, 0.29) is 10.5 Å². The lowest BCUT2D eigenvalue weighted by Gasteiger charge is -2.41. The van der Waals surface area contributed by atoms with Gasteiger partial charge in [-0.2, -0.15) is 38.4 Å². The van der Waals surface area contributed by atoms with Crippen molar-refractivity contribution in [1.82, 2.24) is 0 Å². The average molecular weight is 462 g/mol. The van der Waals surface area contributed by atoms with Gasteiger partial charge in [-0.3, -0.25) is 0 Å². The van der Waals surface area contributed by atoms with Crippen LogP contribution in [0.1, 0.15) is 49.7 Å². The first kappa shape index (κ1) is 22.5. The molecule has 1 aliphatic heterocycles. The van der Waals surface area contributed by atoms with Crippen LogP contribution in [0, 0.1) is 12.8 Å². The summed E-state index contributed by atoms with van der Waals surface area (Å²) in [5.41, 5.74) is -10.6. The van der Waals surface area contributed by atoms with Crippen LogP contribution < -0.4 is 0 Å². The number of alkyl halides is 6. The lowest BCUT2D eigenvalue weighted by Crippen LogP contribution is -2.33. The van der Waals surface area contributed by atoms with E-state index in [0.29, 0.717) is 31.2 Å². The highest BCUT2D eigenvalue weighted by Gasteiger charge is 2.64. The molecule has 1 fully saturated rings. The summed E-state index contributed by atoms with van der Waals surface area (Å²) in [6.45, 7) is 1.63. The lowest BCUT2D eigenvalue weighted by molar-refractivity contribution is -0.0547. The number of benzene rings is 1. The molecule has 0 N–H and O–H groups in total. The molecule has 3 rings (SSSR count). The second-order valence-electron chi connectivity index (χ2n) is 7.25. The molecule has 0 spiro atoms. The first-order valence-corrected chi connectivity index (χ1v) is 12.0. The van der Waals surface area contributed by atoms with Crippen molar-refractivity contribution in [3.8, 4) is 0 Å². The summed E-state index contributed by atoms with van der Waals surface area (Å²) < 4.78 is 110. The van der Waals surface area contributed by atoms with Crippen molar-refractivity contribution < 1.29 is 38.4 Å². The zero-order chi connectivity index (χ0) is 21.7. The van der Waals surface area contributed by atoms with Gasteiger partial charge in [0, 0.05) is 20.1 Å². The molecule has 164 valence electrons. The molecule has 1 aliphatic carbocycles. The van der Waals surface area contributed by atoms with Gasteiger partial charge in [-0.15, -0.1) is 0 Å². The van der Waals surface area contributed by atoms with Gasteiger partial charge in [0.1, 0.15) is 0 Å². The molecule has 29 heavy (non-hydrogen) atoms. The largest absolute Gasteiger partial charge is 0.523 e. The summed E-state index contributed by atoms with van der Waals surface area (Å²) in [6, 6.07) is 3.77. The van der Waals surface area contributed by atoms with E-state index in [1.165, 1.54) is 18.2 Å². The Kier molecular flexibility index (Phi) is 5.81. The molecule has 1 saturated carbocycles. The van der Waals surface area contributed by atoms with Crippen LogP contribution in [0.2, 0.25) is 0 Å². The van der Waals surface area contributed by atoms with E-state index in [4.69, 9.17) is 0 Å². The molecular formula is C18H20F6O3S2. The Morgan fingerprint density at radius 3 is 2.10 bits per heavy atom. The van der Waals surface area contributed by atoms with Crippen LogP contribution in [-0.2, 0) is 13.7 Å². The predicted octanol–water partition coefficient (Wildman–Crippen LogP) is 6.78. The highest BCUT2D eigenvalue weighted by atomic mass is 32.3. The van der Waals surface area contributed by atoms with Gasteiger partial charge in [0.05, 0.1) is 0 Å². The molecule has 11 heteroatoms. The third kappa shape index (κ3) is 3.93. The Balaban J connectivity index is 2.25. The maximum absolute atomic E-state index is 14.5. The number of allylic oxidation sites excluding steroid dienone is 1. The third-order valence-electron chi connectivity index (χ3n) is 5.16. The van der Waals surface area contributed by atoms with Crippen LogP contribution in [0.3, 0.4) is 0 Å². The Hall–Kier alpha value is -1.20. The highest BCUT2D eigenvalue weighted by Crippen LogP contribution is 2.79. The summed E-state index contributed by atoms with van der Waals surface area (Å²) in [7, 11) is -11.4. The molecule has 1 atom stereocenters.